The average Bonchev–Trinajstić information content (AvgIpc) is 2.97. The molecule has 1 aromatic rings. The van der Waals surface area contributed by atoms with E-state index >= 15 is 0 Å². The molecule has 1 aromatic carbocycles. The molecule has 2 aliphatic rings. The van der Waals surface area contributed by atoms with Crippen LogP contribution in [0.2, 0.25) is 0 Å². The summed E-state index contributed by atoms with van der Waals surface area (Å²) in [5.74, 6) is 0.932. The van der Waals surface area contributed by atoms with Crippen LogP contribution >= 0.6 is 0 Å². The maximum atomic E-state index is 12.1. The third-order valence-corrected chi connectivity index (χ3v) is 3.73. The van der Waals surface area contributed by atoms with Gasteiger partial charge in [-0.25, -0.2) is 0 Å². The highest BCUT2D eigenvalue weighted by molar-refractivity contribution is 5.85. The number of rotatable bonds is 4. The second kappa shape index (κ2) is 5.61. The summed E-state index contributed by atoms with van der Waals surface area (Å²) in [7, 11) is 0. The van der Waals surface area contributed by atoms with Gasteiger partial charge in [0.1, 0.15) is 5.75 Å². The van der Waals surface area contributed by atoms with E-state index in [0.29, 0.717) is 13.0 Å². The Labute approximate surface area is 113 Å². The monoisotopic (exact) mass is 261 g/mol. The standard InChI is InChI=1S/C15H19NO3/c17-13(8-7-11-4-3-9-18-11)15-10-16-12-5-1-2-6-14(12)19-15/h1-2,5-6,11,15-16H,3-4,7-10H2. The maximum Gasteiger partial charge on any atom is 0.175 e. The van der Waals surface area contributed by atoms with Crippen LogP contribution in [0.5, 0.6) is 5.75 Å². The van der Waals surface area contributed by atoms with E-state index in [1.165, 1.54) is 0 Å². The van der Waals surface area contributed by atoms with E-state index in [4.69, 9.17) is 9.47 Å². The second-order valence-electron chi connectivity index (χ2n) is 5.12. The molecule has 2 heterocycles. The number of Topliss-reactive ketones (excluding diaryl/α,β-unsaturated/α-hetero) is 1. The smallest absolute Gasteiger partial charge is 0.175 e. The quantitative estimate of drug-likeness (QED) is 0.904. The molecule has 0 radical (unpaired) electrons. The number of para-hydroxylation sites is 2. The largest absolute Gasteiger partial charge is 0.479 e. The number of hydrogen-bond acceptors (Lipinski definition) is 4. The summed E-state index contributed by atoms with van der Waals surface area (Å²) in [4.78, 5) is 12.1. The normalized spacial score (nSPS) is 25.3. The van der Waals surface area contributed by atoms with Gasteiger partial charge < -0.3 is 14.8 Å². The number of hydrogen-bond donors (Lipinski definition) is 1. The van der Waals surface area contributed by atoms with Gasteiger partial charge in [0.05, 0.1) is 18.3 Å². The first-order valence-corrected chi connectivity index (χ1v) is 6.97. The zero-order chi connectivity index (χ0) is 13.1. The van der Waals surface area contributed by atoms with Crippen LogP contribution in [0.25, 0.3) is 0 Å². The lowest BCUT2D eigenvalue weighted by molar-refractivity contribution is -0.126. The van der Waals surface area contributed by atoms with Crippen LogP contribution in [0.4, 0.5) is 5.69 Å². The number of benzene rings is 1. The van der Waals surface area contributed by atoms with Gasteiger partial charge >= 0.3 is 0 Å². The van der Waals surface area contributed by atoms with Crippen molar-refractivity contribution >= 4 is 11.5 Å². The van der Waals surface area contributed by atoms with Crippen molar-refractivity contribution in [3.8, 4) is 5.75 Å². The molecule has 0 amide bonds. The van der Waals surface area contributed by atoms with Gasteiger partial charge in [0.25, 0.3) is 0 Å². The van der Waals surface area contributed by atoms with Crippen LogP contribution in [-0.2, 0) is 9.53 Å². The van der Waals surface area contributed by atoms with Crippen molar-refractivity contribution in [1.82, 2.24) is 0 Å². The first-order valence-electron chi connectivity index (χ1n) is 6.97. The molecule has 0 saturated carbocycles. The minimum Gasteiger partial charge on any atom is -0.479 e. The van der Waals surface area contributed by atoms with E-state index in [1.54, 1.807) is 0 Å². The summed E-state index contributed by atoms with van der Waals surface area (Å²) in [6.45, 7) is 1.40. The molecule has 0 spiro atoms. The molecule has 0 aliphatic carbocycles. The molecular formula is C15H19NO3. The molecule has 1 saturated heterocycles. The Morgan fingerprint density at radius 1 is 1.37 bits per heavy atom. The van der Waals surface area contributed by atoms with Crippen LogP contribution < -0.4 is 10.1 Å². The molecule has 2 atom stereocenters. The van der Waals surface area contributed by atoms with E-state index in [-0.39, 0.29) is 18.0 Å². The Morgan fingerprint density at radius 3 is 3.11 bits per heavy atom. The van der Waals surface area contributed by atoms with Crippen LogP contribution in [0.1, 0.15) is 25.7 Å². The van der Waals surface area contributed by atoms with Crippen molar-refractivity contribution in [2.45, 2.75) is 37.9 Å². The predicted octanol–water partition coefficient (Wildman–Crippen LogP) is 2.39. The third kappa shape index (κ3) is 2.89. The molecule has 3 rings (SSSR count). The van der Waals surface area contributed by atoms with Crippen LogP contribution in [0.15, 0.2) is 24.3 Å². The minimum atomic E-state index is -0.365. The highest BCUT2D eigenvalue weighted by Gasteiger charge is 2.26. The summed E-state index contributed by atoms with van der Waals surface area (Å²) in [5.41, 5.74) is 0.964. The number of fused-ring (bicyclic) bond motifs is 1. The number of anilines is 1. The van der Waals surface area contributed by atoms with E-state index in [1.807, 2.05) is 24.3 Å². The van der Waals surface area contributed by atoms with Crippen molar-refractivity contribution in [3.63, 3.8) is 0 Å². The predicted molar refractivity (Wildman–Crippen MR) is 72.6 cm³/mol. The molecule has 19 heavy (non-hydrogen) atoms. The Bertz CT molecular complexity index is 454. The third-order valence-electron chi connectivity index (χ3n) is 3.73. The highest BCUT2D eigenvalue weighted by atomic mass is 16.5. The molecule has 102 valence electrons. The molecule has 4 nitrogen and oxygen atoms in total. The number of carbonyl (C=O) groups excluding carboxylic acids is 1. The van der Waals surface area contributed by atoms with Crippen molar-refractivity contribution in [2.24, 2.45) is 0 Å². The molecule has 0 bridgehead atoms. The Morgan fingerprint density at radius 2 is 2.26 bits per heavy atom. The number of ketones is 1. The van der Waals surface area contributed by atoms with Gasteiger partial charge in [-0.15, -0.1) is 0 Å². The molecule has 1 N–H and O–H groups in total. The fourth-order valence-electron chi connectivity index (χ4n) is 2.63. The topological polar surface area (TPSA) is 47.6 Å². The molecule has 2 unspecified atom stereocenters. The molecule has 1 fully saturated rings. The Balaban J connectivity index is 1.54. The van der Waals surface area contributed by atoms with Gasteiger partial charge in [-0.05, 0) is 31.4 Å². The van der Waals surface area contributed by atoms with Crippen molar-refractivity contribution < 1.29 is 14.3 Å². The summed E-state index contributed by atoms with van der Waals surface area (Å²) >= 11 is 0. The second-order valence-corrected chi connectivity index (χ2v) is 5.12. The zero-order valence-corrected chi connectivity index (χ0v) is 10.9. The van der Waals surface area contributed by atoms with E-state index in [9.17, 15) is 4.79 Å². The Kier molecular flexibility index (Phi) is 3.69. The first-order chi connectivity index (χ1) is 9.33. The lowest BCUT2D eigenvalue weighted by Gasteiger charge is -2.26. The first kappa shape index (κ1) is 12.5. The Hall–Kier alpha value is -1.55. The van der Waals surface area contributed by atoms with Crippen LogP contribution in [0.3, 0.4) is 0 Å². The van der Waals surface area contributed by atoms with Gasteiger partial charge in [0.2, 0.25) is 0 Å². The molecule has 2 aliphatic heterocycles. The highest BCUT2D eigenvalue weighted by Crippen LogP contribution is 2.29. The van der Waals surface area contributed by atoms with Gasteiger partial charge in [-0.1, -0.05) is 12.1 Å². The summed E-state index contributed by atoms with van der Waals surface area (Å²) in [6.07, 6.45) is 3.47. The SMILES string of the molecule is O=C(CCC1CCCO1)C1CNc2ccccc2O1. The fourth-order valence-corrected chi connectivity index (χ4v) is 2.63. The van der Waals surface area contributed by atoms with Crippen molar-refractivity contribution in [2.75, 3.05) is 18.5 Å². The van der Waals surface area contributed by atoms with Gasteiger partial charge in [0.15, 0.2) is 11.9 Å². The van der Waals surface area contributed by atoms with E-state index < -0.39 is 0 Å². The maximum absolute atomic E-state index is 12.1. The van der Waals surface area contributed by atoms with Gasteiger partial charge in [-0.3, -0.25) is 4.79 Å². The minimum absolute atomic E-state index is 0.164. The fraction of sp³-hybridized carbons (Fsp3) is 0.533. The van der Waals surface area contributed by atoms with E-state index in [0.717, 1.165) is 37.3 Å². The number of ether oxygens (including phenoxy) is 2. The lowest BCUT2D eigenvalue weighted by atomic mass is 10.0. The number of nitrogens with one attached hydrogen (secondary N) is 1. The van der Waals surface area contributed by atoms with Crippen LogP contribution in [0, 0.1) is 0 Å². The average molecular weight is 261 g/mol. The molecular weight excluding hydrogens is 242 g/mol. The lowest BCUT2D eigenvalue weighted by Crippen LogP contribution is -2.38. The zero-order valence-electron chi connectivity index (χ0n) is 10.9. The van der Waals surface area contributed by atoms with Crippen molar-refractivity contribution in [1.29, 1.82) is 0 Å². The molecule has 4 heteroatoms. The van der Waals surface area contributed by atoms with Gasteiger partial charge in [0, 0.05) is 13.0 Å². The van der Waals surface area contributed by atoms with Crippen molar-refractivity contribution in [3.05, 3.63) is 24.3 Å². The molecule has 0 aromatic heterocycles. The summed E-state index contributed by atoms with van der Waals surface area (Å²) in [5, 5.41) is 3.24. The van der Waals surface area contributed by atoms with E-state index in [2.05, 4.69) is 5.32 Å². The van der Waals surface area contributed by atoms with Gasteiger partial charge in [-0.2, -0.15) is 0 Å². The van der Waals surface area contributed by atoms with Crippen LogP contribution in [-0.4, -0.2) is 31.1 Å². The summed E-state index contributed by atoms with van der Waals surface area (Å²) < 4.78 is 11.3. The summed E-state index contributed by atoms with van der Waals surface area (Å²) in [6, 6.07) is 7.72. The number of carbonyl (C=O) groups is 1.